The van der Waals surface area contributed by atoms with Crippen LogP contribution in [0.15, 0.2) is 24.3 Å². The molecule has 1 aliphatic carbocycles. The Balaban J connectivity index is 2.08. The van der Waals surface area contributed by atoms with Gasteiger partial charge in [0.15, 0.2) is 0 Å². The molecule has 0 aromatic heterocycles. The molecule has 112 valence electrons. The SMILES string of the molecule is CCNCC1CCC(C)(C)CC1Cc1ccccc1F. The summed E-state index contributed by atoms with van der Waals surface area (Å²) in [6.45, 7) is 8.95. The first-order chi connectivity index (χ1) is 9.52. The number of hydrogen-bond acceptors (Lipinski definition) is 1. The van der Waals surface area contributed by atoms with Crippen LogP contribution in [0, 0.1) is 23.1 Å². The maximum atomic E-state index is 13.9. The van der Waals surface area contributed by atoms with Crippen LogP contribution in [-0.4, -0.2) is 13.1 Å². The van der Waals surface area contributed by atoms with Gasteiger partial charge in [0.1, 0.15) is 5.82 Å². The number of benzene rings is 1. The second-order valence-electron chi connectivity index (χ2n) is 7.03. The predicted octanol–water partition coefficient (Wildman–Crippen LogP) is 4.42. The normalized spacial score (nSPS) is 25.6. The fourth-order valence-electron chi connectivity index (χ4n) is 3.57. The molecule has 1 N–H and O–H groups in total. The van der Waals surface area contributed by atoms with E-state index in [4.69, 9.17) is 0 Å². The first kappa shape index (κ1) is 15.5. The Labute approximate surface area is 123 Å². The maximum Gasteiger partial charge on any atom is 0.126 e. The monoisotopic (exact) mass is 277 g/mol. The zero-order valence-electron chi connectivity index (χ0n) is 13.1. The molecule has 1 aromatic rings. The van der Waals surface area contributed by atoms with Crippen molar-refractivity contribution < 1.29 is 4.39 Å². The fourth-order valence-corrected chi connectivity index (χ4v) is 3.57. The van der Waals surface area contributed by atoms with Crippen LogP contribution in [0.1, 0.15) is 45.6 Å². The van der Waals surface area contributed by atoms with Crippen LogP contribution in [0.25, 0.3) is 0 Å². The van der Waals surface area contributed by atoms with Gasteiger partial charge >= 0.3 is 0 Å². The van der Waals surface area contributed by atoms with Gasteiger partial charge in [0.05, 0.1) is 0 Å². The summed E-state index contributed by atoms with van der Waals surface area (Å²) in [5.74, 6) is 1.23. The summed E-state index contributed by atoms with van der Waals surface area (Å²) in [5.41, 5.74) is 1.29. The van der Waals surface area contributed by atoms with Gasteiger partial charge in [-0.15, -0.1) is 0 Å². The zero-order valence-corrected chi connectivity index (χ0v) is 13.1. The zero-order chi connectivity index (χ0) is 14.6. The lowest BCUT2D eigenvalue weighted by Gasteiger charge is -2.41. The third kappa shape index (κ3) is 4.05. The lowest BCUT2D eigenvalue weighted by atomic mass is 9.65. The Morgan fingerprint density at radius 2 is 2.00 bits per heavy atom. The van der Waals surface area contributed by atoms with E-state index in [-0.39, 0.29) is 5.82 Å². The molecule has 1 nitrogen and oxygen atoms in total. The number of halogens is 1. The van der Waals surface area contributed by atoms with E-state index in [9.17, 15) is 4.39 Å². The summed E-state index contributed by atoms with van der Waals surface area (Å²) in [6.07, 6.45) is 4.64. The molecule has 0 heterocycles. The van der Waals surface area contributed by atoms with Gasteiger partial charge in [-0.2, -0.15) is 0 Å². The summed E-state index contributed by atoms with van der Waals surface area (Å²) in [4.78, 5) is 0. The number of nitrogens with one attached hydrogen (secondary N) is 1. The van der Waals surface area contributed by atoms with Crippen molar-refractivity contribution in [3.05, 3.63) is 35.6 Å². The van der Waals surface area contributed by atoms with Crippen LogP contribution in [0.3, 0.4) is 0 Å². The highest BCUT2D eigenvalue weighted by Crippen LogP contribution is 2.43. The van der Waals surface area contributed by atoms with Crippen molar-refractivity contribution in [2.45, 2.75) is 46.5 Å². The molecular formula is C18H28FN. The maximum absolute atomic E-state index is 13.9. The van der Waals surface area contributed by atoms with E-state index in [1.807, 2.05) is 12.1 Å². The Morgan fingerprint density at radius 3 is 2.70 bits per heavy atom. The van der Waals surface area contributed by atoms with Crippen LogP contribution < -0.4 is 5.32 Å². The van der Waals surface area contributed by atoms with Crippen molar-refractivity contribution in [1.82, 2.24) is 5.32 Å². The van der Waals surface area contributed by atoms with Gasteiger partial charge in [-0.25, -0.2) is 4.39 Å². The van der Waals surface area contributed by atoms with Gasteiger partial charge in [0, 0.05) is 0 Å². The molecule has 1 saturated carbocycles. The minimum absolute atomic E-state index is 0.0434. The quantitative estimate of drug-likeness (QED) is 0.840. The van der Waals surface area contributed by atoms with Gasteiger partial charge in [0.2, 0.25) is 0 Å². The van der Waals surface area contributed by atoms with E-state index in [0.29, 0.717) is 17.3 Å². The molecule has 2 atom stereocenters. The highest BCUT2D eigenvalue weighted by atomic mass is 19.1. The highest BCUT2D eigenvalue weighted by Gasteiger charge is 2.34. The average Bonchev–Trinajstić information content (AvgIpc) is 2.40. The van der Waals surface area contributed by atoms with E-state index in [2.05, 4.69) is 26.1 Å². The largest absolute Gasteiger partial charge is 0.317 e. The highest BCUT2D eigenvalue weighted by molar-refractivity contribution is 5.18. The minimum atomic E-state index is -0.0434. The Kier molecular flexibility index (Phi) is 5.20. The van der Waals surface area contributed by atoms with Crippen LogP contribution in [-0.2, 0) is 6.42 Å². The van der Waals surface area contributed by atoms with Crippen molar-refractivity contribution in [3.8, 4) is 0 Å². The van der Waals surface area contributed by atoms with E-state index in [0.717, 1.165) is 25.1 Å². The smallest absolute Gasteiger partial charge is 0.126 e. The van der Waals surface area contributed by atoms with Gasteiger partial charge in [-0.05, 0) is 67.7 Å². The van der Waals surface area contributed by atoms with Crippen molar-refractivity contribution in [2.75, 3.05) is 13.1 Å². The van der Waals surface area contributed by atoms with Crippen LogP contribution in [0.5, 0.6) is 0 Å². The molecule has 20 heavy (non-hydrogen) atoms. The molecule has 0 spiro atoms. The molecule has 2 unspecified atom stereocenters. The van der Waals surface area contributed by atoms with Crippen molar-refractivity contribution >= 4 is 0 Å². The Bertz CT molecular complexity index is 427. The van der Waals surface area contributed by atoms with E-state index in [1.54, 1.807) is 12.1 Å². The van der Waals surface area contributed by atoms with Gasteiger partial charge in [-0.3, -0.25) is 0 Å². The molecule has 0 radical (unpaired) electrons. The van der Waals surface area contributed by atoms with Crippen LogP contribution in [0.2, 0.25) is 0 Å². The van der Waals surface area contributed by atoms with Gasteiger partial charge in [-0.1, -0.05) is 39.0 Å². The summed E-state index contributed by atoms with van der Waals surface area (Å²) in [5, 5.41) is 3.48. The van der Waals surface area contributed by atoms with E-state index < -0.39 is 0 Å². The lowest BCUT2D eigenvalue weighted by molar-refractivity contribution is 0.115. The third-order valence-corrected chi connectivity index (χ3v) is 4.77. The summed E-state index contributed by atoms with van der Waals surface area (Å²) in [7, 11) is 0. The molecule has 1 aliphatic rings. The molecule has 2 heteroatoms. The van der Waals surface area contributed by atoms with Gasteiger partial charge < -0.3 is 5.32 Å². The third-order valence-electron chi connectivity index (χ3n) is 4.77. The standard InChI is InChI=1S/C18H28FN/c1-4-20-13-15-9-10-18(2,3)12-16(15)11-14-7-5-6-8-17(14)19/h5-8,15-16,20H,4,9-13H2,1-3H3. The second-order valence-corrected chi connectivity index (χ2v) is 7.03. The topological polar surface area (TPSA) is 12.0 Å². The molecule has 1 fully saturated rings. The molecule has 0 amide bonds. The molecule has 2 rings (SSSR count). The fraction of sp³-hybridized carbons (Fsp3) is 0.667. The van der Waals surface area contributed by atoms with Crippen LogP contribution >= 0.6 is 0 Å². The number of hydrogen-bond donors (Lipinski definition) is 1. The molecule has 1 aromatic carbocycles. The minimum Gasteiger partial charge on any atom is -0.317 e. The first-order valence-corrected chi connectivity index (χ1v) is 7.96. The van der Waals surface area contributed by atoms with E-state index in [1.165, 1.54) is 19.3 Å². The second kappa shape index (κ2) is 6.71. The van der Waals surface area contributed by atoms with Crippen molar-refractivity contribution in [2.24, 2.45) is 17.3 Å². The molecule has 0 aliphatic heterocycles. The number of rotatable bonds is 5. The predicted molar refractivity (Wildman–Crippen MR) is 83.3 cm³/mol. The molecule has 0 bridgehead atoms. The summed E-state index contributed by atoms with van der Waals surface area (Å²) >= 11 is 0. The van der Waals surface area contributed by atoms with Crippen LogP contribution in [0.4, 0.5) is 4.39 Å². The van der Waals surface area contributed by atoms with Gasteiger partial charge in [0.25, 0.3) is 0 Å². The Hall–Kier alpha value is -0.890. The average molecular weight is 277 g/mol. The van der Waals surface area contributed by atoms with Crippen molar-refractivity contribution in [3.63, 3.8) is 0 Å². The van der Waals surface area contributed by atoms with E-state index >= 15 is 0 Å². The summed E-state index contributed by atoms with van der Waals surface area (Å²) < 4.78 is 13.9. The molecule has 0 saturated heterocycles. The van der Waals surface area contributed by atoms with Crippen molar-refractivity contribution in [1.29, 1.82) is 0 Å². The summed E-state index contributed by atoms with van der Waals surface area (Å²) in [6, 6.07) is 7.26. The Morgan fingerprint density at radius 1 is 1.25 bits per heavy atom. The molecular weight excluding hydrogens is 249 g/mol. The first-order valence-electron chi connectivity index (χ1n) is 7.96. The lowest BCUT2D eigenvalue weighted by Crippen LogP contribution is -2.37.